The summed E-state index contributed by atoms with van der Waals surface area (Å²) in [6.07, 6.45) is 2.12. The van der Waals surface area contributed by atoms with Gasteiger partial charge in [0.15, 0.2) is 0 Å². The molecule has 0 spiro atoms. The maximum absolute atomic E-state index is 5.62. The van der Waals surface area contributed by atoms with Gasteiger partial charge in [-0.2, -0.15) is 11.8 Å². The van der Waals surface area contributed by atoms with E-state index in [1.807, 2.05) is 17.8 Å². The Morgan fingerprint density at radius 2 is 2.47 bits per heavy atom. The van der Waals surface area contributed by atoms with Crippen LogP contribution in [0, 0.1) is 0 Å². The van der Waals surface area contributed by atoms with Crippen LogP contribution < -0.4 is 10.1 Å². The molecule has 4 heteroatoms. The zero-order valence-electron chi connectivity index (χ0n) is 8.63. The lowest BCUT2D eigenvalue weighted by atomic mass is 10.1. The summed E-state index contributed by atoms with van der Waals surface area (Å²) in [7, 11) is 0. The average molecular weight is 288 g/mol. The molecule has 1 aliphatic heterocycles. The number of nitrogens with one attached hydrogen (secondary N) is 1. The van der Waals surface area contributed by atoms with Crippen molar-refractivity contribution in [2.45, 2.75) is 6.04 Å². The van der Waals surface area contributed by atoms with Crippen molar-refractivity contribution in [2.75, 3.05) is 25.2 Å². The molecular weight excluding hydrogens is 274 g/mol. The number of halogens is 1. The maximum atomic E-state index is 5.62. The third-order valence-electron chi connectivity index (χ3n) is 2.45. The fourth-order valence-corrected chi connectivity index (χ4v) is 2.35. The van der Waals surface area contributed by atoms with Gasteiger partial charge in [0.25, 0.3) is 0 Å². The molecule has 0 radical (unpaired) electrons. The number of hydrogen-bond donors (Lipinski definition) is 1. The van der Waals surface area contributed by atoms with E-state index in [2.05, 4.69) is 39.6 Å². The van der Waals surface area contributed by atoms with Crippen LogP contribution in [0.4, 0.5) is 0 Å². The molecule has 1 aromatic carbocycles. The number of benzene rings is 1. The van der Waals surface area contributed by atoms with Crippen molar-refractivity contribution in [1.82, 2.24) is 5.32 Å². The highest BCUT2D eigenvalue weighted by molar-refractivity contribution is 9.10. The van der Waals surface area contributed by atoms with E-state index >= 15 is 0 Å². The number of thioether (sulfide) groups is 1. The summed E-state index contributed by atoms with van der Waals surface area (Å²) in [4.78, 5) is 0. The van der Waals surface area contributed by atoms with Gasteiger partial charge in [-0.05, 0) is 18.4 Å². The molecule has 1 heterocycles. The van der Waals surface area contributed by atoms with Crippen molar-refractivity contribution in [3.8, 4) is 5.75 Å². The summed E-state index contributed by atoms with van der Waals surface area (Å²) >= 11 is 5.30. The summed E-state index contributed by atoms with van der Waals surface area (Å²) < 4.78 is 6.70. The first kappa shape index (κ1) is 11.3. The molecule has 1 aliphatic rings. The van der Waals surface area contributed by atoms with Gasteiger partial charge in [0.05, 0.1) is 6.04 Å². The Kier molecular flexibility index (Phi) is 3.94. The van der Waals surface area contributed by atoms with Gasteiger partial charge in [-0.3, -0.25) is 0 Å². The Balaban J connectivity index is 2.02. The third kappa shape index (κ3) is 2.68. The third-order valence-corrected chi connectivity index (χ3v) is 3.56. The fourth-order valence-electron chi connectivity index (χ4n) is 1.69. The second kappa shape index (κ2) is 5.23. The smallest absolute Gasteiger partial charge is 0.125 e. The quantitative estimate of drug-likeness (QED) is 0.861. The van der Waals surface area contributed by atoms with E-state index in [4.69, 9.17) is 4.74 Å². The minimum absolute atomic E-state index is 0.361. The normalized spacial score (nSPS) is 18.7. The van der Waals surface area contributed by atoms with Crippen LogP contribution in [0.25, 0.3) is 0 Å². The van der Waals surface area contributed by atoms with E-state index in [-0.39, 0.29) is 0 Å². The summed E-state index contributed by atoms with van der Waals surface area (Å²) in [6.45, 7) is 1.78. The molecule has 1 N–H and O–H groups in total. The number of rotatable bonds is 4. The first-order valence-corrected chi connectivity index (χ1v) is 7.14. The lowest BCUT2D eigenvalue weighted by Crippen LogP contribution is -2.24. The molecule has 1 unspecified atom stereocenters. The fraction of sp³-hybridized carbons (Fsp3) is 0.455. The summed E-state index contributed by atoms with van der Waals surface area (Å²) in [5, 5.41) is 3.50. The van der Waals surface area contributed by atoms with Crippen molar-refractivity contribution in [3.05, 3.63) is 28.2 Å². The summed E-state index contributed by atoms with van der Waals surface area (Å²) in [5.41, 5.74) is 1.28. The van der Waals surface area contributed by atoms with Crippen molar-refractivity contribution < 1.29 is 4.74 Å². The predicted octanol–water partition coefficient (Wildman–Crippen LogP) is 2.84. The van der Waals surface area contributed by atoms with E-state index in [0.717, 1.165) is 29.1 Å². The van der Waals surface area contributed by atoms with E-state index in [9.17, 15) is 0 Å². The summed E-state index contributed by atoms with van der Waals surface area (Å²) in [6, 6.07) is 6.59. The second-order valence-corrected chi connectivity index (χ2v) is 5.39. The molecule has 0 bridgehead atoms. The Morgan fingerprint density at radius 1 is 1.60 bits per heavy atom. The molecule has 0 fully saturated rings. The zero-order valence-corrected chi connectivity index (χ0v) is 11.0. The Bertz CT molecular complexity index is 345. The lowest BCUT2D eigenvalue weighted by molar-refractivity contribution is 0.313. The highest BCUT2D eigenvalue weighted by atomic mass is 79.9. The van der Waals surface area contributed by atoms with Crippen LogP contribution in [0.15, 0.2) is 22.7 Å². The first-order chi connectivity index (χ1) is 7.31. The van der Waals surface area contributed by atoms with Crippen LogP contribution in [-0.4, -0.2) is 25.2 Å². The van der Waals surface area contributed by atoms with Crippen LogP contribution in [0.3, 0.4) is 0 Å². The van der Waals surface area contributed by atoms with Crippen molar-refractivity contribution in [1.29, 1.82) is 0 Å². The molecule has 0 aliphatic carbocycles. The van der Waals surface area contributed by atoms with Gasteiger partial charge in [0.2, 0.25) is 0 Å². The lowest BCUT2D eigenvalue weighted by Gasteiger charge is -2.10. The summed E-state index contributed by atoms with van der Waals surface area (Å²) in [5.74, 6) is 2.15. The van der Waals surface area contributed by atoms with E-state index in [1.54, 1.807) is 0 Å². The molecule has 1 aromatic rings. The average Bonchev–Trinajstić information content (AvgIpc) is 2.61. The molecule has 2 rings (SSSR count). The van der Waals surface area contributed by atoms with Crippen LogP contribution in [0.5, 0.6) is 5.75 Å². The molecule has 2 nitrogen and oxygen atoms in total. The van der Waals surface area contributed by atoms with Crippen LogP contribution in [0.2, 0.25) is 0 Å². The van der Waals surface area contributed by atoms with Crippen molar-refractivity contribution in [3.63, 3.8) is 0 Å². The monoisotopic (exact) mass is 287 g/mol. The van der Waals surface area contributed by atoms with Crippen molar-refractivity contribution in [2.24, 2.45) is 0 Å². The van der Waals surface area contributed by atoms with Crippen LogP contribution in [-0.2, 0) is 0 Å². The van der Waals surface area contributed by atoms with Crippen LogP contribution >= 0.6 is 27.7 Å². The van der Waals surface area contributed by atoms with Gasteiger partial charge in [0, 0.05) is 22.3 Å². The molecule has 15 heavy (non-hydrogen) atoms. The minimum atomic E-state index is 0.361. The molecule has 0 saturated carbocycles. The molecule has 0 amide bonds. The highest BCUT2D eigenvalue weighted by Gasteiger charge is 2.23. The topological polar surface area (TPSA) is 21.3 Å². The highest BCUT2D eigenvalue weighted by Crippen LogP contribution is 2.34. The van der Waals surface area contributed by atoms with Gasteiger partial charge in [0.1, 0.15) is 12.4 Å². The molecule has 82 valence electrons. The Labute approximate surface area is 103 Å². The van der Waals surface area contributed by atoms with Gasteiger partial charge in [-0.25, -0.2) is 0 Å². The van der Waals surface area contributed by atoms with Gasteiger partial charge in [-0.1, -0.05) is 22.0 Å². The first-order valence-electron chi connectivity index (χ1n) is 4.96. The molecule has 1 atom stereocenters. The van der Waals surface area contributed by atoms with Gasteiger partial charge in [-0.15, -0.1) is 0 Å². The Morgan fingerprint density at radius 3 is 3.27 bits per heavy atom. The van der Waals surface area contributed by atoms with Crippen LogP contribution in [0.1, 0.15) is 11.6 Å². The number of ether oxygens (including phenoxy) is 1. The van der Waals surface area contributed by atoms with Crippen molar-refractivity contribution >= 4 is 27.7 Å². The Hall–Kier alpha value is -0.190. The largest absolute Gasteiger partial charge is 0.491 e. The van der Waals surface area contributed by atoms with E-state index < -0.39 is 0 Å². The zero-order chi connectivity index (χ0) is 10.7. The number of hydrogen-bond acceptors (Lipinski definition) is 3. The SMILES string of the molecule is CSCCNC1COc2cc(Br)ccc21. The predicted molar refractivity (Wildman–Crippen MR) is 68.8 cm³/mol. The van der Waals surface area contributed by atoms with Gasteiger partial charge >= 0.3 is 0 Å². The molecular formula is C11H14BrNOS. The maximum Gasteiger partial charge on any atom is 0.125 e. The second-order valence-electron chi connectivity index (χ2n) is 3.49. The molecule has 0 saturated heterocycles. The number of fused-ring (bicyclic) bond motifs is 1. The minimum Gasteiger partial charge on any atom is -0.491 e. The molecule has 0 aromatic heterocycles. The standard InChI is InChI=1S/C11H14BrNOS/c1-15-5-4-13-10-7-14-11-6-8(12)2-3-9(10)11/h2-3,6,10,13H,4-5,7H2,1H3. The van der Waals surface area contributed by atoms with Gasteiger partial charge < -0.3 is 10.1 Å². The van der Waals surface area contributed by atoms with E-state index in [1.165, 1.54) is 5.56 Å². The van der Waals surface area contributed by atoms with E-state index in [0.29, 0.717) is 6.04 Å².